The van der Waals surface area contributed by atoms with E-state index in [1.54, 1.807) is 0 Å². The first kappa shape index (κ1) is 50.0. The molecule has 345 valence electrons. The standard InChI is InChI=1S/C43H48N4O16.Co/c1-19-40-23(13-37(58)59)21(5-9-33(50)51)27(46-40)14-26-20(4-8-32(48)49)22(12-36(56)57)28(44-26)15-29-24(6-10-34(52)53)42(2,17-38(60)61)31(45-29)16-30-25(7-11-35(54)55)43(3,18-39(62)63)41(19)47-30;/h14-16,24-25H,4-13,17-18H2,1-3H3,(H10,44,45,46,47,48,49,50,51,52,53,54,55,56,57,58,59,60,61,62,63);/p-10/t24-,25-,42+,43+;/m1./s1. The molecule has 3 aliphatic rings. The molecule has 5 heterocycles. The zero-order valence-electron chi connectivity index (χ0n) is 34.5. The minimum absolute atomic E-state index is 0. The smallest absolute Gasteiger partial charge is 0.0661 e. The third-order valence-corrected chi connectivity index (χ3v) is 11.9. The first-order valence-corrected chi connectivity index (χ1v) is 19.7. The summed E-state index contributed by atoms with van der Waals surface area (Å²) in [7, 11) is 0. The third-order valence-electron chi connectivity index (χ3n) is 11.9. The molecule has 0 fully saturated rings. The topological polar surface area (TPSA) is 375 Å². The number of carboxylic acids is 8. The van der Waals surface area contributed by atoms with Gasteiger partial charge in [0.2, 0.25) is 0 Å². The van der Waals surface area contributed by atoms with Crippen molar-refractivity contribution in [2.45, 2.75) is 120 Å². The van der Waals surface area contributed by atoms with Crippen molar-refractivity contribution in [3.63, 3.8) is 0 Å². The molecule has 64 heavy (non-hydrogen) atoms. The van der Waals surface area contributed by atoms with Crippen molar-refractivity contribution in [3.8, 4) is 0 Å². The Balaban J connectivity index is 0.00000898. The van der Waals surface area contributed by atoms with E-state index in [1.807, 2.05) is 0 Å². The number of carbonyl (C=O) groups excluding carboxylic acids is 8. The van der Waals surface area contributed by atoms with Gasteiger partial charge < -0.3 is 89.2 Å². The van der Waals surface area contributed by atoms with Crippen LogP contribution in [0.3, 0.4) is 0 Å². The number of hydrogen-bond acceptors (Lipinski definition) is 18. The maximum atomic E-state index is 12.5. The van der Waals surface area contributed by atoms with Crippen molar-refractivity contribution in [1.29, 1.82) is 0 Å². The molecule has 0 aliphatic carbocycles. The number of aromatic nitrogens is 4. The number of hydrogen-bond donors (Lipinski definition) is 0. The van der Waals surface area contributed by atoms with Crippen molar-refractivity contribution in [1.82, 2.24) is 19.9 Å². The molecule has 0 spiro atoms. The van der Waals surface area contributed by atoms with Crippen molar-refractivity contribution < 1.29 is 96.0 Å². The van der Waals surface area contributed by atoms with Crippen molar-refractivity contribution in [3.05, 3.63) is 69.1 Å². The summed E-state index contributed by atoms with van der Waals surface area (Å²) in [6.45, 7) is 4.28. The molecule has 5 rings (SSSR count). The summed E-state index contributed by atoms with van der Waals surface area (Å²) in [5, 5.41) is 97.0. The summed E-state index contributed by atoms with van der Waals surface area (Å²) in [5.74, 6) is -14.9. The molecule has 2 aromatic rings. The molecule has 0 aromatic carbocycles. The molecule has 0 saturated heterocycles. The minimum atomic E-state index is -1.68. The molecule has 1 radical (unpaired) electrons. The zero-order valence-corrected chi connectivity index (χ0v) is 35.6. The SMILES string of the molecule is Cc1c2nc(cc3[n-]c(cc4nc(cc5[n-]c1c(CC(=O)[O-])c5CCC(=O)[O-])C(CCC(=O)[O-])=C4CC(=O)[O-])[C@@H](CCC(=O)[O-])[C@]3(C)CC(=O)[O-])[C@@H](CCC(=O)[O-])[C@]2(C)CC(=O)[O-].[Co]. The van der Waals surface area contributed by atoms with Gasteiger partial charge in [0, 0.05) is 100 Å². The Labute approximate surface area is 374 Å². The maximum absolute atomic E-state index is 12.5. The van der Waals surface area contributed by atoms with Crippen LogP contribution in [0.1, 0.15) is 141 Å². The minimum Gasteiger partial charge on any atom is -0.664 e. The average molecular weight is 926 g/mol. The van der Waals surface area contributed by atoms with Gasteiger partial charge in [0.05, 0.1) is 11.4 Å². The normalized spacial score (nSPS) is 19.6. The van der Waals surface area contributed by atoms with E-state index in [0.717, 1.165) is 0 Å². The first-order valence-electron chi connectivity index (χ1n) is 19.7. The molecule has 8 bridgehead atoms. The second kappa shape index (κ2) is 19.8. The predicted molar refractivity (Wildman–Crippen MR) is 196 cm³/mol. The maximum Gasteiger partial charge on any atom is 0.0661 e. The van der Waals surface area contributed by atoms with E-state index in [2.05, 4.69) is 9.97 Å². The van der Waals surface area contributed by atoms with Gasteiger partial charge in [-0.05, 0) is 99.2 Å². The number of fused-ring (bicyclic) bond motifs is 8. The molecule has 4 atom stereocenters. The molecule has 0 unspecified atom stereocenters. The van der Waals surface area contributed by atoms with Crippen molar-refractivity contribution >= 4 is 69.9 Å². The second-order valence-corrected chi connectivity index (χ2v) is 16.2. The van der Waals surface area contributed by atoms with Gasteiger partial charge in [0.25, 0.3) is 0 Å². The second-order valence-electron chi connectivity index (χ2n) is 16.2. The fourth-order valence-electron chi connectivity index (χ4n) is 9.13. The van der Waals surface area contributed by atoms with Gasteiger partial charge in [-0.15, -0.1) is 11.0 Å². The van der Waals surface area contributed by atoms with Crippen LogP contribution in [0.4, 0.5) is 0 Å². The monoisotopic (exact) mass is 925 g/mol. The molecular weight excluding hydrogens is 887 g/mol. The van der Waals surface area contributed by atoms with Crippen LogP contribution in [0, 0.1) is 6.92 Å². The summed E-state index contributed by atoms with van der Waals surface area (Å²) in [4.78, 5) is 116. The fraction of sp³-hybridized carbons (Fsp3) is 0.442. The zero-order chi connectivity index (χ0) is 46.7. The van der Waals surface area contributed by atoms with Gasteiger partial charge in [0.1, 0.15) is 0 Å². The van der Waals surface area contributed by atoms with Crippen molar-refractivity contribution in [2.24, 2.45) is 0 Å². The Hall–Kier alpha value is -6.61. The third kappa shape index (κ3) is 10.8. The Bertz CT molecular complexity index is 2540. The van der Waals surface area contributed by atoms with Crippen LogP contribution in [-0.4, -0.2) is 57.7 Å². The van der Waals surface area contributed by atoms with E-state index in [0.29, 0.717) is 0 Å². The average Bonchev–Trinajstić information content (AvgIpc) is 3.80. The van der Waals surface area contributed by atoms with Crippen LogP contribution < -0.4 is 50.8 Å². The van der Waals surface area contributed by atoms with Crippen LogP contribution in [0.15, 0.2) is 18.2 Å². The Morgan fingerprint density at radius 3 is 1.66 bits per heavy atom. The molecule has 3 aliphatic heterocycles. The van der Waals surface area contributed by atoms with E-state index in [4.69, 9.17) is 9.97 Å². The molecule has 0 N–H and O–H groups in total. The van der Waals surface area contributed by atoms with Crippen LogP contribution >= 0.6 is 0 Å². The Kier molecular flexibility index (Phi) is 15.5. The predicted octanol–water partition coefficient (Wildman–Crippen LogP) is -6.42. The summed E-state index contributed by atoms with van der Waals surface area (Å²) >= 11 is 0. The number of carboxylic acid groups (broad SMARTS) is 8. The van der Waals surface area contributed by atoms with E-state index < -0.39 is 135 Å². The van der Waals surface area contributed by atoms with Crippen LogP contribution in [0.5, 0.6) is 0 Å². The quantitative estimate of drug-likeness (QED) is 0.119. The van der Waals surface area contributed by atoms with Crippen molar-refractivity contribution in [2.75, 3.05) is 0 Å². The van der Waals surface area contributed by atoms with E-state index in [1.165, 1.54) is 39.0 Å². The molecule has 20 nitrogen and oxygen atoms in total. The number of rotatable bonds is 20. The molecule has 2 aromatic heterocycles. The number of aryl methyl sites for hydroxylation is 2. The number of nitrogens with zero attached hydrogens (tertiary/aromatic N) is 4. The van der Waals surface area contributed by atoms with Gasteiger partial charge in [-0.3, -0.25) is 4.98 Å². The fourth-order valence-corrected chi connectivity index (χ4v) is 9.13. The Morgan fingerprint density at radius 1 is 0.578 bits per heavy atom. The Morgan fingerprint density at radius 2 is 1.11 bits per heavy atom. The van der Waals surface area contributed by atoms with Gasteiger partial charge in [-0.1, -0.05) is 43.2 Å². The summed E-state index contributed by atoms with van der Waals surface area (Å²) < 4.78 is 0. The first-order chi connectivity index (χ1) is 29.4. The molecule has 0 amide bonds. The van der Waals surface area contributed by atoms with Crippen LogP contribution in [-0.2, 0) is 78.8 Å². The van der Waals surface area contributed by atoms with Gasteiger partial charge >= 0.3 is 0 Å². The van der Waals surface area contributed by atoms with Gasteiger partial charge in [-0.2, -0.15) is 11.4 Å². The molecule has 0 saturated carbocycles. The van der Waals surface area contributed by atoms with E-state index in [-0.39, 0.29) is 103 Å². The largest absolute Gasteiger partial charge is 0.664 e. The number of aliphatic carboxylic acids is 8. The molecule has 21 heteroatoms. The summed E-state index contributed by atoms with van der Waals surface area (Å²) in [5.41, 5.74) is -4.27. The summed E-state index contributed by atoms with van der Waals surface area (Å²) in [6, 6.07) is 3.79. The van der Waals surface area contributed by atoms with Gasteiger partial charge in [-0.25, -0.2) is 4.98 Å². The number of allylic oxidation sites excluding steroid dienone is 1. The number of carbonyl (C=O) groups is 8. The van der Waals surface area contributed by atoms with E-state index >= 15 is 0 Å². The molecular formula is C43H38CoN4O16-10. The summed E-state index contributed by atoms with van der Waals surface area (Å²) in [6.07, 6.45) is -7.46. The van der Waals surface area contributed by atoms with Crippen LogP contribution in [0.25, 0.3) is 22.2 Å². The van der Waals surface area contributed by atoms with E-state index in [9.17, 15) is 79.2 Å². The van der Waals surface area contributed by atoms with Crippen LogP contribution in [0.2, 0.25) is 0 Å². The van der Waals surface area contributed by atoms with Gasteiger partial charge in [0.15, 0.2) is 0 Å².